The first-order valence-corrected chi connectivity index (χ1v) is 13.1. The van der Waals surface area contributed by atoms with E-state index in [4.69, 9.17) is 39.5 Å². The van der Waals surface area contributed by atoms with Crippen LogP contribution in [0.1, 0.15) is 6.92 Å². The first kappa shape index (κ1) is 38.1. The lowest BCUT2D eigenvalue weighted by molar-refractivity contribution is -0.112. The molecule has 0 aromatic heterocycles. The lowest BCUT2D eigenvalue weighted by Crippen LogP contribution is -2.59. The zero-order valence-corrected chi connectivity index (χ0v) is 23.1. The van der Waals surface area contributed by atoms with E-state index in [1.54, 1.807) is 0 Å². The molecule has 40 heavy (non-hydrogen) atoms. The first-order chi connectivity index (χ1) is 19.5. The maximum Gasteiger partial charge on any atom is 0.111 e. The fourth-order valence-corrected chi connectivity index (χ4v) is 2.96. The highest BCUT2D eigenvalue weighted by Gasteiger charge is 2.33. The molecule has 6 N–H and O–H groups in total. The number of rotatable bonds is 30. The van der Waals surface area contributed by atoms with Gasteiger partial charge in [0.1, 0.15) is 18.3 Å². The number of hydrogen-bond acceptors (Lipinski definition) is 14. The predicted octanol–water partition coefficient (Wildman–Crippen LogP) is -1.32. The molecule has 0 aliphatic carbocycles. The molecule has 0 aromatic carbocycles. The summed E-state index contributed by atoms with van der Waals surface area (Å²) in [5.41, 5.74) is 16.3. The van der Waals surface area contributed by atoms with Crippen molar-refractivity contribution in [2.75, 3.05) is 105 Å². The number of nitrogens with one attached hydrogen (secondary N) is 2. The molecule has 0 aliphatic heterocycles. The van der Waals surface area contributed by atoms with Crippen LogP contribution < -0.4 is 10.6 Å². The average Bonchev–Trinajstić information content (AvgIpc) is 2.95. The number of aliphatic hydroxyl groups is 4. The Morgan fingerprint density at radius 1 is 0.550 bits per heavy atom. The lowest BCUT2D eigenvalue weighted by Gasteiger charge is -2.31. The molecule has 0 radical (unpaired) electrons. The highest BCUT2D eigenvalue weighted by molar-refractivity contribution is 4.86. The van der Waals surface area contributed by atoms with Crippen LogP contribution in [0.25, 0.3) is 20.9 Å². The Labute approximate surface area is 234 Å². The molecule has 0 saturated carbocycles. The molecule has 18 heteroatoms. The average molecular weight is 583 g/mol. The van der Waals surface area contributed by atoms with Gasteiger partial charge in [-0.15, -0.1) is 0 Å². The highest BCUT2D eigenvalue weighted by atomic mass is 16.5. The lowest BCUT2D eigenvalue weighted by atomic mass is 10.0. The van der Waals surface area contributed by atoms with Gasteiger partial charge in [0.15, 0.2) is 0 Å². The monoisotopic (exact) mass is 582 g/mol. The second-order valence-electron chi connectivity index (χ2n) is 8.18. The fourth-order valence-electron chi connectivity index (χ4n) is 2.96. The van der Waals surface area contributed by atoms with E-state index in [1.165, 1.54) is 6.92 Å². The minimum atomic E-state index is -1.60. The van der Waals surface area contributed by atoms with Gasteiger partial charge in [-0.2, -0.15) is 0 Å². The van der Waals surface area contributed by atoms with Crippen molar-refractivity contribution in [2.24, 2.45) is 10.2 Å². The standard InChI is InChI=1S/C22H46N8O10/c1-18(31)19(32)20(33)21(34)22(25-2-6-35-10-14-39-16-12-37-8-4-27-29-23)26-3-7-36-11-15-40-17-13-38-9-5-28-30-24/h18-22,25-26,31-34H,2-17H2,1H3/t18-,19+,20+,21-/m0/s1. The van der Waals surface area contributed by atoms with Crippen LogP contribution in [-0.2, 0) is 28.4 Å². The smallest absolute Gasteiger partial charge is 0.111 e. The minimum absolute atomic E-state index is 0.272. The quantitative estimate of drug-likeness (QED) is 0.0189. The van der Waals surface area contributed by atoms with Crippen LogP contribution in [0.15, 0.2) is 10.2 Å². The molecule has 0 aliphatic rings. The normalized spacial score (nSPS) is 15.0. The number of ether oxygens (including phenoxy) is 6. The summed E-state index contributed by atoms with van der Waals surface area (Å²) in [5, 5.41) is 53.0. The van der Waals surface area contributed by atoms with Crippen molar-refractivity contribution in [2.45, 2.75) is 37.5 Å². The second-order valence-corrected chi connectivity index (χ2v) is 8.18. The first-order valence-electron chi connectivity index (χ1n) is 13.1. The molecular weight excluding hydrogens is 536 g/mol. The van der Waals surface area contributed by atoms with Crippen LogP contribution in [0.4, 0.5) is 0 Å². The summed E-state index contributed by atoms with van der Waals surface area (Å²) in [6.07, 6.45) is -6.63. The van der Waals surface area contributed by atoms with E-state index in [-0.39, 0.29) is 26.3 Å². The van der Waals surface area contributed by atoms with Gasteiger partial charge < -0.3 is 48.8 Å². The summed E-state index contributed by atoms with van der Waals surface area (Å²) in [6, 6.07) is 0. The Morgan fingerprint density at radius 3 is 1.25 bits per heavy atom. The Bertz CT molecular complexity index is 629. The van der Waals surface area contributed by atoms with Crippen molar-refractivity contribution in [1.82, 2.24) is 10.6 Å². The van der Waals surface area contributed by atoms with Gasteiger partial charge in [0.2, 0.25) is 0 Å². The van der Waals surface area contributed by atoms with E-state index < -0.39 is 30.6 Å². The maximum atomic E-state index is 10.5. The molecule has 0 unspecified atom stereocenters. The summed E-state index contributed by atoms with van der Waals surface area (Å²) in [5.74, 6) is 0. The van der Waals surface area contributed by atoms with Gasteiger partial charge in [-0.3, -0.25) is 10.6 Å². The van der Waals surface area contributed by atoms with Gasteiger partial charge in [0.05, 0.1) is 91.6 Å². The molecule has 4 atom stereocenters. The van der Waals surface area contributed by atoms with Crippen molar-refractivity contribution in [1.29, 1.82) is 0 Å². The van der Waals surface area contributed by atoms with Gasteiger partial charge in [0, 0.05) is 36.0 Å². The number of nitrogens with zero attached hydrogens (tertiary/aromatic N) is 6. The fraction of sp³-hybridized carbons (Fsp3) is 1.00. The molecule has 18 nitrogen and oxygen atoms in total. The summed E-state index contributed by atoms with van der Waals surface area (Å²) in [4.78, 5) is 5.25. The largest absolute Gasteiger partial charge is 0.391 e. The van der Waals surface area contributed by atoms with Crippen molar-refractivity contribution in [3.8, 4) is 0 Å². The molecule has 0 bridgehead atoms. The highest BCUT2D eigenvalue weighted by Crippen LogP contribution is 2.07. The van der Waals surface area contributed by atoms with Gasteiger partial charge in [-0.05, 0) is 18.0 Å². The van der Waals surface area contributed by atoms with E-state index in [0.717, 1.165) is 0 Å². The Hall–Kier alpha value is -1.86. The SMILES string of the molecule is C[C@H](O)[C@@H](O)[C@@H](O)[C@H](O)C(NCCOCCOCCOCCN=[N+]=[N-])NCCOCCOCCOCCN=[N+]=[N-]. The Morgan fingerprint density at radius 2 is 0.900 bits per heavy atom. The zero-order valence-electron chi connectivity index (χ0n) is 23.1. The third-order valence-corrected chi connectivity index (χ3v) is 5.04. The van der Waals surface area contributed by atoms with E-state index in [2.05, 4.69) is 30.7 Å². The topological polar surface area (TPSA) is 258 Å². The molecule has 0 spiro atoms. The van der Waals surface area contributed by atoms with Gasteiger partial charge in [-0.25, -0.2) is 0 Å². The van der Waals surface area contributed by atoms with Crippen LogP contribution in [-0.4, -0.2) is 156 Å². The summed E-state index contributed by atoms with van der Waals surface area (Å²) >= 11 is 0. The van der Waals surface area contributed by atoms with Gasteiger partial charge in [-0.1, -0.05) is 10.2 Å². The molecular formula is C22H46N8O10. The minimum Gasteiger partial charge on any atom is -0.391 e. The summed E-state index contributed by atoms with van der Waals surface area (Å²) in [7, 11) is 0. The zero-order chi connectivity index (χ0) is 29.7. The third kappa shape index (κ3) is 22.9. The molecule has 0 aromatic rings. The van der Waals surface area contributed by atoms with Crippen LogP contribution in [0.5, 0.6) is 0 Å². The third-order valence-electron chi connectivity index (χ3n) is 5.04. The number of hydrogen-bond donors (Lipinski definition) is 6. The molecule has 0 rings (SSSR count). The van der Waals surface area contributed by atoms with Crippen molar-refractivity contribution >= 4 is 0 Å². The van der Waals surface area contributed by atoms with Gasteiger partial charge >= 0.3 is 0 Å². The van der Waals surface area contributed by atoms with Crippen LogP contribution >= 0.6 is 0 Å². The molecule has 0 heterocycles. The molecule has 0 amide bonds. The number of azide groups is 2. The summed E-state index contributed by atoms with van der Waals surface area (Å²) < 4.78 is 32.1. The Balaban J connectivity index is 4.11. The number of aliphatic hydroxyl groups excluding tert-OH is 4. The van der Waals surface area contributed by atoms with Crippen LogP contribution in [0.3, 0.4) is 0 Å². The van der Waals surface area contributed by atoms with E-state index in [1.807, 2.05) is 0 Å². The second kappa shape index (κ2) is 28.7. The van der Waals surface area contributed by atoms with Crippen LogP contribution in [0, 0.1) is 0 Å². The summed E-state index contributed by atoms with van der Waals surface area (Å²) in [6.45, 7) is 6.61. The van der Waals surface area contributed by atoms with Gasteiger partial charge in [0.25, 0.3) is 0 Å². The molecule has 0 saturated heterocycles. The molecule has 234 valence electrons. The van der Waals surface area contributed by atoms with Crippen molar-refractivity contribution in [3.63, 3.8) is 0 Å². The van der Waals surface area contributed by atoms with Crippen molar-refractivity contribution in [3.05, 3.63) is 20.9 Å². The Kier molecular flexibility index (Phi) is 27.3. The van der Waals surface area contributed by atoms with E-state index >= 15 is 0 Å². The van der Waals surface area contributed by atoms with Crippen molar-refractivity contribution < 1.29 is 48.8 Å². The predicted molar refractivity (Wildman–Crippen MR) is 142 cm³/mol. The van der Waals surface area contributed by atoms with E-state index in [0.29, 0.717) is 79.2 Å². The van der Waals surface area contributed by atoms with Crippen LogP contribution in [0.2, 0.25) is 0 Å². The molecule has 0 fully saturated rings. The van der Waals surface area contributed by atoms with E-state index in [9.17, 15) is 20.4 Å². The maximum absolute atomic E-state index is 10.5.